The number of oxazole rings is 1. The van der Waals surface area contributed by atoms with Gasteiger partial charge in [-0.2, -0.15) is 0 Å². The van der Waals surface area contributed by atoms with Crippen LogP contribution in [0.25, 0.3) is 11.5 Å². The van der Waals surface area contributed by atoms with E-state index in [-0.39, 0.29) is 28.4 Å². The molecular weight excluding hydrogens is 421 g/mol. The number of hydrogen-bond donors (Lipinski definition) is 2. The predicted molar refractivity (Wildman–Crippen MR) is 113 cm³/mol. The number of amides is 1. The molecule has 162 valence electrons. The number of carbonyl (C=O) groups excluding carboxylic acids is 1. The summed E-state index contributed by atoms with van der Waals surface area (Å²) in [5.74, 6) is -0.506. The van der Waals surface area contributed by atoms with E-state index >= 15 is 0 Å². The van der Waals surface area contributed by atoms with Gasteiger partial charge in [-0.3, -0.25) is 9.52 Å². The Hall–Kier alpha value is -3.20. The van der Waals surface area contributed by atoms with Crippen molar-refractivity contribution in [1.82, 2.24) is 10.3 Å². The van der Waals surface area contributed by atoms with Crippen LogP contribution in [-0.2, 0) is 10.0 Å². The van der Waals surface area contributed by atoms with Crippen LogP contribution < -0.4 is 10.0 Å². The van der Waals surface area contributed by atoms with E-state index in [1.807, 2.05) is 0 Å². The Morgan fingerprint density at radius 3 is 2.35 bits per heavy atom. The van der Waals surface area contributed by atoms with Crippen molar-refractivity contribution in [2.75, 3.05) is 4.72 Å². The van der Waals surface area contributed by atoms with Crippen molar-refractivity contribution >= 4 is 21.6 Å². The number of benzene rings is 2. The van der Waals surface area contributed by atoms with Crippen molar-refractivity contribution in [3.8, 4) is 11.5 Å². The maximum absolute atomic E-state index is 13.0. The molecule has 7 nitrogen and oxygen atoms in total. The summed E-state index contributed by atoms with van der Waals surface area (Å²) in [6.07, 6.45) is 6.71. The molecule has 0 spiro atoms. The zero-order valence-corrected chi connectivity index (χ0v) is 17.5. The molecule has 1 heterocycles. The van der Waals surface area contributed by atoms with Gasteiger partial charge in [0.25, 0.3) is 15.9 Å². The van der Waals surface area contributed by atoms with Gasteiger partial charge in [-0.05, 0) is 61.4 Å². The van der Waals surface area contributed by atoms with Crippen LogP contribution in [0.15, 0.2) is 64.1 Å². The van der Waals surface area contributed by atoms with E-state index < -0.39 is 15.8 Å². The van der Waals surface area contributed by atoms with Gasteiger partial charge in [-0.15, -0.1) is 0 Å². The number of aromatic nitrogens is 1. The van der Waals surface area contributed by atoms with E-state index in [1.165, 1.54) is 24.8 Å². The third-order valence-corrected chi connectivity index (χ3v) is 6.58. The molecule has 3 aromatic rings. The van der Waals surface area contributed by atoms with E-state index in [9.17, 15) is 17.6 Å². The van der Waals surface area contributed by atoms with E-state index in [0.29, 0.717) is 11.3 Å². The summed E-state index contributed by atoms with van der Waals surface area (Å²) in [5, 5.41) is 2.99. The maximum atomic E-state index is 13.0. The minimum Gasteiger partial charge on any atom is -0.444 e. The fourth-order valence-corrected chi connectivity index (χ4v) is 4.58. The second-order valence-electron chi connectivity index (χ2n) is 7.48. The van der Waals surface area contributed by atoms with Crippen LogP contribution in [0, 0.1) is 5.82 Å². The largest absolute Gasteiger partial charge is 0.444 e. The molecule has 1 saturated carbocycles. The number of anilines is 1. The van der Waals surface area contributed by atoms with E-state index in [1.54, 1.807) is 24.3 Å². The first-order valence-corrected chi connectivity index (χ1v) is 11.5. The normalized spacial score (nSPS) is 14.9. The van der Waals surface area contributed by atoms with Gasteiger partial charge in [0.15, 0.2) is 5.69 Å². The minimum absolute atomic E-state index is 0.0423. The average molecular weight is 444 g/mol. The predicted octanol–water partition coefficient (Wildman–Crippen LogP) is 4.34. The van der Waals surface area contributed by atoms with Gasteiger partial charge in [0.05, 0.1) is 4.90 Å². The van der Waals surface area contributed by atoms with Crippen molar-refractivity contribution in [2.24, 2.45) is 0 Å². The average Bonchev–Trinajstić information content (AvgIpc) is 3.25. The molecular formula is C22H22FN3O4S. The highest BCUT2D eigenvalue weighted by Crippen LogP contribution is 2.23. The molecule has 4 rings (SSSR count). The van der Waals surface area contributed by atoms with Gasteiger partial charge in [0.1, 0.15) is 12.1 Å². The Kier molecular flexibility index (Phi) is 6.03. The first-order chi connectivity index (χ1) is 14.9. The van der Waals surface area contributed by atoms with Crippen LogP contribution in [0.3, 0.4) is 0 Å². The smallest absolute Gasteiger partial charge is 0.273 e. The van der Waals surface area contributed by atoms with Crippen LogP contribution in [0.4, 0.5) is 10.1 Å². The highest BCUT2D eigenvalue weighted by Gasteiger charge is 2.20. The topological polar surface area (TPSA) is 101 Å². The number of sulfonamides is 1. The van der Waals surface area contributed by atoms with Crippen molar-refractivity contribution < 1.29 is 22.0 Å². The summed E-state index contributed by atoms with van der Waals surface area (Å²) >= 11 is 0. The maximum Gasteiger partial charge on any atom is 0.273 e. The van der Waals surface area contributed by atoms with Gasteiger partial charge >= 0.3 is 0 Å². The van der Waals surface area contributed by atoms with E-state index in [0.717, 1.165) is 37.8 Å². The summed E-state index contributed by atoms with van der Waals surface area (Å²) in [7, 11) is -3.84. The molecule has 0 radical (unpaired) electrons. The molecule has 0 aliphatic heterocycles. The third-order valence-electron chi connectivity index (χ3n) is 5.19. The minimum atomic E-state index is -3.84. The Labute approximate surface area is 179 Å². The SMILES string of the molecule is O=C(NC1CCCCC1)c1coc(-c2ccc(NS(=O)(=O)c3ccc(F)cc3)cc2)n1. The number of carbonyl (C=O) groups is 1. The Bertz CT molecular complexity index is 1150. The fraction of sp³-hybridized carbons (Fsp3) is 0.273. The summed E-state index contributed by atoms with van der Waals surface area (Å²) in [6, 6.07) is 11.1. The highest BCUT2D eigenvalue weighted by atomic mass is 32.2. The van der Waals surface area contributed by atoms with Crippen molar-refractivity contribution in [3.05, 3.63) is 66.3 Å². The summed E-state index contributed by atoms with van der Waals surface area (Å²) < 4.78 is 45.7. The zero-order chi connectivity index (χ0) is 21.8. The quantitative estimate of drug-likeness (QED) is 0.590. The van der Waals surface area contributed by atoms with Gasteiger partial charge in [0, 0.05) is 17.3 Å². The fourth-order valence-electron chi connectivity index (χ4n) is 3.53. The van der Waals surface area contributed by atoms with Crippen molar-refractivity contribution in [3.63, 3.8) is 0 Å². The van der Waals surface area contributed by atoms with E-state index in [4.69, 9.17) is 4.42 Å². The lowest BCUT2D eigenvalue weighted by Crippen LogP contribution is -2.36. The summed E-state index contributed by atoms with van der Waals surface area (Å²) in [6.45, 7) is 0. The van der Waals surface area contributed by atoms with Crippen LogP contribution in [0.5, 0.6) is 0 Å². The van der Waals surface area contributed by atoms with Crippen molar-refractivity contribution in [2.45, 2.75) is 43.0 Å². The van der Waals surface area contributed by atoms with Crippen LogP contribution in [-0.4, -0.2) is 25.4 Å². The van der Waals surface area contributed by atoms with Crippen LogP contribution in [0.2, 0.25) is 0 Å². The number of rotatable bonds is 6. The van der Waals surface area contributed by atoms with Gasteiger partial charge < -0.3 is 9.73 Å². The van der Waals surface area contributed by atoms with Gasteiger partial charge in [-0.1, -0.05) is 19.3 Å². The molecule has 0 saturated heterocycles. The molecule has 1 amide bonds. The first kappa shape index (κ1) is 21.0. The molecule has 1 aliphatic carbocycles. The van der Waals surface area contributed by atoms with Crippen molar-refractivity contribution in [1.29, 1.82) is 0 Å². The highest BCUT2D eigenvalue weighted by molar-refractivity contribution is 7.92. The number of nitrogens with zero attached hydrogens (tertiary/aromatic N) is 1. The molecule has 9 heteroatoms. The lowest BCUT2D eigenvalue weighted by Gasteiger charge is -2.22. The molecule has 1 fully saturated rings. The standard InChI is InChI=1S/C22H22FN3O4S/c23-16-8-12-19(13-9-16)31(28,29)26-18-10-6-15(7-11-18)22-25-20(14-30-22)21(27)24-17-4-2-1-3-5-17/h6-14,17,26H,1-5H2,(H,24,27). The van der Waals surface area contributed by atoms with Gasteiger partial charge in [-0.25, -0.2) is 17.8 Å². The second-order valence-corrected chi connectivity index (χ2v) is 9.17. The monoisotopic (exact) mass is 443 g/mol. The molecule has 2 N–H and O–H groups in total. The lowest BCUT2D eigenvalue weighted by molar-refractivity contribution is 0.0922. The summed E-state index contributed by atoms with van der Waals surface area (Å²) in [5.41, 5.74) is 1.14. The number of halogens is 1. The lowest BCUT2D eigenvalue weighted by atomic mass is 9.95. The second kappa shape index (κ2) is 8.89. The molecule has 2 aromatic carbocycles. The number of nitrogens with one attached hydrogen (secondary N) is 2. The third kappa shape index (κ3) is 5.11. The number of hydrogen-bond acceptors (Lipinski definition) is 5. The molecule has 0 bridgehead atoms. The Morgan fingerprint density at radius 2 is 1.68 bits per heavy atom. The first-order valence-electron chi connectivity index (χ1n) is 10.1. The molecule has 0 atom stereocenters. The summed E-state index contributed by atoms with van der Waals surface area (Å²) in [4.78, 5) is 16.6. The molecule has 31 heavy (non-hydrogen) atoms. The molecule has 1 aliphatic rings. The molecule has 0 unspecified atom stereocenters. The van der Waals surface area contributed by atoms with Crippen LogP contribution in [0.1, 0.15) is 42.6 Å². The van der Waals surface area contributed by atoms with Gasteiger partial charge in [0.2, 0.25) is 5.89 Å². The Morgan fingerprint density at radius 1 is 1.00 bits per heavy atom. The Balaban J connectivity index is 1.42. The van der Waals surface area contributed by atoms with Crippen LogP contribution >= 0.6 is 0 Å². The zero-order valence-electron chi connectivity index (χ0n) is 16.7. The van der Waals surface area contributed by atoms with E-state index in [2.05, 4.69) is 15.0 Å². The molecule has 1 aromatic heterocycles.